The van der Waals surface area contributed by atoms with Gasteiger partial charge in [-0.3, -0.25) is 9.28 Å². The van der Waals surface area contributed by atoms with Gasteiger partial charge in [0, 0.05) is 31.6 Å². The first-order valence-electron chi connectivity index (χ1n) is 16.0. The van der Waals surface area contributed by atoms with Gasteiger partial charge in [-0.2, -0.15) is 4.31 Å². The predicted molar refractivity (Wildman–Crippen MR) is 172 cm³/mol. The van der Waals surface area contributed by atoms with Crippen LogP contribution in [0.5, 0.6) is 0 Å². The van der Waals surface area contributed by atoms with Crippen molar-refractivity contribution in [2.24, 2.45) is 5.92 Å². The standard InChI is InChI=1S/C34H40N6O4S/c1-22-9-12-25(29(18-32(41)42)28-13-14-30-33(23(28)2)36-37-39(30)19-24-10-11-24)17-26(22)20-38-21-27-7-4-5-16-40(27,3)34-31(45(38,43)44)8-6-15-35-34/h6,8-9,12-15,17,24,27,29H,4-5,7,10-11,16,18-21H2,1-3H3/p+1. The number of carboxylic acid groups (broad SMARTS) is 1. The summed E-state index contributed by atoms with van der Waals surface area (Å²) < 4.78 is 32.6. The van der Waals surface area contributed by atoms with E-state index in [9.17, 15) is 18.3 Å². The molecule has 3 atom stereocenters. The summed E-state index contributed by atoms with van der Waals surface area (Å²) in [4.78, 5) is 17.1. The molecule has 7 rings (SSSR count). The van der Waals surface area contributed by atoms with Crippen LogP contribution >= 0.6 is 0 Å². The third-order valence-electron chi connectivity index (χ3n) is 10.5. The molecule has 3 unspecified atom stereocenters. The summed E-state index contributed by atoms with van der Waals surface area (Å²) in [5.41, 5.74) is 6.28. The Bertz CT molecular complexity index is 1900. The van der Waals surface area contributed by atoms with E-state index in [1.54, 1.807) is 22.6 Å². The number of likely N-dealkylation sites (N-methyl/N-ethyl adjacent to an activating group) is 1. The van der Waals surface area contributed by atoms with Gasteiger partial charge in [0.2, 0.25) is 5.82 Å². The number of quaternary nitrogens is 1. The number of nitrogens with zero attached hydrogens (tertiary/aromatic N) is 6. The topological polar surface area (TPSA) is 118 Å². The molecule has 11 heteroatoms. The van der Waals surface area contributed by atoms with Crippen LogP contribution in [-0.4, -0.2) is 70.0 Å². The molecule has 4 aromatic rings. The second-order valence-corrected chi connectivity index (χ2v) is 15.4. The van der Waals surface area contributed by atoms with E-state index in [2.05, 4.69) is 22.3 Å². The van der Waals surface area contributed by atoms with E-state index in [4.69, 9.17) is 0 Å². The minimum atomic E-state index is -3.82. The molecule has 2 aliphatic heterocycles. The number of sulfonamides is 1. The van der Waals surface area contributed by atoms with E-state index in [0.29, 0.717) is 22.8 Å². The summed E-state index contributed by atoms with van der Waals surface area (Å²) in [6, 6.07) is 13.5. The maximum absolute atomic E-state index is 14.2. The van der Waals surface area contributed by atoms with Gasteiger partial charge in [0.15, 0.2) is 4.90 Å². The third-order valence-corrected chi connectivity index (χ3v) is 12.3. The van der Waals surface area contributed by atoms with Gasteiger partial charge < -0.3 is 5.11 Å². The zero-order valence-electron chi connectivity index (χ0n) is 26.2. The fourth-order valence-corrected chi connectivity index (χ4v) is 9.22. The maximum atomic E-state index is 14.2. The number of piperidine rings is 1. The van der Waals surface area contributed by atoms with Crippen LogP contribution < -0.4 is 4.48 Å². The zero-order chi connectivity index (χ0) is 31.5. The largest absolute Gasteiger partial charge is 0.481 e. The Kier molecular flexibility index (Phi) is 7.53. The van der Waals surface area contributed by atoms with Gasteiger partial charge in [-0.1, -0.05) is 29.5 Å². The number of aryl methyl sites for hydroxylation is 2. The molecule has 0 amide bonds. The van der Waals surface area contributed by atoms with Gasteiger partial charge in [-0.25, -0.2) is 18.1 Å². The van der Waals surface area contributed by atoms with Crippen LogP contribution in [0.1, 0.15) is 72.3 Å². The predicted octanol–water partition coefficient (Wildman–Crippen LogP) is 5.15. The Morgan fingerprint density at radius 2 is 1.93 bits per heavy atom. The Balaban J connectivity index is 1.26. The van der Waals surface area contributed by atoms with Crippen LogP contribution in [0.25, 0.3) is 11.0 Å². The smallest absolute Gasteiger partial charge is 0.304 e. The maximum Gasteiger partial charge on any atom is 0.304 e. The summed E-state index contributed by atoms with van der Waals surface area (Å²) in [6.45, 7) is 6.31. The molecule has 4 heterocycles. The van der Waals surface area contributed by atoms with Crippen molar-refractivity contribution in [3.05, 3.63) is 76.5 Å². The molecular formula is C34H41N6O4S+. The minimum Gasteiger partial charge on any atom is -0.481 e. The average Bonchev–Trinajstić information content (AvgIpc) is 3.75. The van der Waals surface area contributed by atoms with Crippen molar-refractivity contribution in [1.82, 2.24) is 28.8 Å². The number of aliphatic carboxylic acids is 1. The highest BCUT2D eigenvalue weighted by atomic mass is 32.2. The summed E-state index contributed by atoms with van der Waals surface area (Å²) in [7, 11) is -1.70. The number of hydrogen-bond donors (Lipinski definition) is 1. The van der Waals surface area contributed by atoms with Crippen LogP contribution in [0.3, 0.4) is 0 Å². The number of rotatable bonds is 8. The lowest BCUT2D eigenvalue weighted by Gasteiger charge is -2.42. The molecule has 45 heavy (non-hydrogen) atoms. The fraction of sp³-hybridized carbons (Fsp3) is 0.471. The van der Waals surface area contributed by atoms with Gasteiger partial charge in [0.1, 0.15) is 11.6 Å². The lowest BCUT2D eigenvalue weighted by Crippen LogP contribution is -2.59. The summed E-state index contributed by atoms with van der Waals surface area (Å²) in [5, 5.41) is 18.9. The molecule has 236 valence electrons. The lowest BCUT2D eigenvalue weighted by atomic mass is 9.84. The minimum absolute atomic E-state index is 0.0932. The van der Waals surface area contributed by atoms with Gasteiger partial charge >= 0.3 is 5.97 Å². The number of carboxylic acids is 1. The number of pyridine rings is 1. The monoisotopic (exact) mass is 629 g/mol. The van der Waals surface area contributed by atoms with Gasteiger partial charge in [-0.05, 0) is 91.5 Å². The molecule has 0 spiro atoms. The average molecular weight is 630 g/mol. The van der Waals surface area contributed by atoms with Crippen molar-refractivity contribution >= 4 is 32.8 Å². The molecule has 1 saturated carbocycles. The van der Waals surface area contributed by atoms with E-state index in [1.165, 1.54) is 12.8 Å². The SMILES string of the molecule is Cc1ccc(C(CC(=O)O)c2ccc3c(nnn3CC3CC3)c2C)cc1CN1CC2CCCC[N+]2(C)c2ncccc2S1(=O)=O. The molecule has 3 aliphatic rings. The lowest BCUT2D eigenvalue weighted by molar-refractivity contribution is -0.137. The van der Waals surface area contributed by atoms with Gasteiger partial charge in [0.25, 0.3) is 10.0 Å². The van der Waals surface area contributed by atoms with Gasteiger partial charge in [0.05, 0.1) is 32.1 Å². The molecule has 0 bridgehead atoms. The first-order valence-corrected chi connectivity index (χ1v) is 17.4. The molecule has 1 saturated heterocycles. The first-order chi connectivity index (χ1) is 21.6. The molecule has 0 radical (unpaired) electrons. The van der Waals surface area contributed by atoms with Crippen LogP contribution in [-0.2, 0) is 27.9 Å². The number of aromatic nitrogens is 4. The van der Waals surface area contributed by atoms with Crippen molar-refractivity contribution in [2.45, 2.75) is 82.3 Å². The number of carbonyl (C=O) groups is 1. The molecule has 1 N–H and O–H groups in total. The van der Waals surface area contributed by atoms with Crippen LogP contribution in [0.2, 0.25) is 0 Å². The highest BCUT2D eigenvalue weighted by molar-refractivity contribution is 7.89. The molecule has 2 aromatic heterocycles. The summed E-state index contributed by atoms with van der Waals surface area (Å²) in [5.74, 6) is -0.0304. The van der Waals surface area contributed by atoms with E-state index in [-0.39, 0.29) is 23.9 Å². The first kappa shape index (κ1) is 30.0. The van der Waals surface area contributed by atoms with E-state index in [1.807, 2.05) is 48.9 Å². The van der Waals surface area contributed by atoms with Gasteiger partial charge in [-0.15, -0.1) is 5.10 Å². The number of benzene rings is 2. The van der Waals surface area contributed by atoms with Crippen LogP contribution in [0.15, 0.2) is 53.6 Å². The quantitative estimate of drug-likeness (QED) is 0.268. The van der Waals surface area contributed by atoms with Crippen molar-refractivity contribution in [3.8, 4) is 0 Å². The Labute approximate surface area is 264 Å². The Morgan fingerprint density at radius 1 is 1.11 bits per heavy atom. The molecule has 10 nitrogen and oxygen atoms in total. The molecular weight excluding hydrogens is 588 g/mol. The van der Waals surface area contributed by atoms with Crippen molar-refractivity contribution in [3.63, 3.8) is 0 Å². The van der Waals surface area contributed by atoms with E-state index >= 15 is 0 Å². The van der Waals surface area contributed by atoms with Crippen molar-refractivity contribution < 1.29 is 18.3 Å². The molecule has 1 aliphatic carbocycles. The van der Waals surface area contributed by atoms with Crippen molar-refractivity contribution in [2.75, 3.05) is 20.1 Å². The third kappa shape index (κ3) is 5.34. The summed E-state index contributed by atoms with van der Waals surface area (Å²) in [6.07, 6.45) is 7.08. The number of fused-ring (bicyclic) bond motifs is 4. The van der Waals surface area contributed by atoms with Crippen LogP contribution in [0, 0.1) is 19.8 Å². The highest BCUT2D eigenvalue weighted by Gasteiger charge is 2.48. The van der Waals surface area contributed by atoms with E-state index < -0.39 is 21.9 Å². The second-order valence-electron chi connectivity index (χ2n) is 13.5. The zero-order valence-corrected chi connectivity index (χ0v) is 27.0. The summed E-state index contributed by atoms with van der Waals surface area (Å²) >= 11 is 0. The molecule has 2 fully saturated rings. The highest BCUT2D eigenvalue weighted by Crippen LogP contribution is 2.41. The normalized spacial score (nSPS) is 23.7. The van der Waals surface area contributed by atoms with Crippen LogP contribution in [0.4, 0.5) is 5.82 Å². The number of hydrogen-bond acceptors (Lipinski definition) is 6. The Hall–Kier alpha value is -3.67. The van der Waals surface area contributed by atoms with Crippen molar-refractivity contribution in [1.29, 1.82) is 0 Å². The Morgan fingerprint density at radius 3 is 2.71 bits per heavy atom. The fourth-order valence-electron chi connectivity index (χ4n) is 7.52. The second kappa shape index (κ2) is 11.3. The van der Waals surface area contributed by atoms with E-state index in [0.717, 1.165) is 71.2 Å². The molecule has 2 aromatic carbocycles.